The van der Waals surface area contributed by atoms with Gasteiger partial charge in [0.1, 0.15) is 0 Å². The summed E-state index contributed by atoms with van der Waals surface area (Å²) < 4.78 is 0. The van der Waals surface area contributed by atoms with Gasteiger partial charge < -0.3 is 11.1 Å². The van der Waals surface area contributed by atoms with Gasteiger partial charge in [-0.05, 0) is 37.4 Å². The molecule has 1 aromatic carbocycles. The van der Waals surface area contributed by atoms with E-state index in [1.165, 1.54) is 0 Å². The van der Waals surface area contributed by atoms with E-state index in [4.69, 9.17) is 17.3 Å². The predicted octanol–water partition coefficient (Wildman–Crippen LogP) is 2.60. The van der Waals surface area contributed by atoms with E-state index in [9.17, 15) is 4.79 Å². The summed E-state index contributed by atoms with van der Waals surface area (Å²) in [5.41, 5.74) is 7.14. The van der Waals surface area contributed by atoms with Crippen LogP contribution < -0.4 is 11.1 Å². The summed E-state index contributed by atoms with van der Waals surface area (Å²) in [5.74, 6) is 0.453. The van der Waals surface area contributed by atoms with Crippen LogP contribution in [0.2, 0.25) is 5.15 Å². The average molecular weight is 305 g/mol. The molecular weight excluding hydrogens is 288 g/mol. The van der Waals surface area contributed by atoms with E-state index in [0.29, 0.717) is 23.4 Å². The van der Waals surface area contributed by atoms with Crippen LogP contribution in [0.5, 0.6) is 0 Å². The number of halogens is 1. The van der Waals surface area contributed by atoms with Crippen molar-refractivity contribution in [2.24, 2.45) is 17.6 Å². The smallest absolute Gasteiger partial charge is 0.229 e. The molecule has 0 bridgehead atoms. The van der Waals surface area contributed by atoms with Gasteiger partial charge in [-0.2, -0.15) is 0 Å². The molecular formula is C15H17ClN4O. The van der Waals surface area contributed by atoms with Crippen LogP contribution >= 0.6 is 11.6 Å². The van der Waals surface area contributed by atoms with Gasteiger partial charge in [-0.1, -0.05) is 30.2 Å². The van der Waals surface area contributed by atoms with Gasteiger partial charge in [-0.25, -0.2) is 9.97 Å². The number of hydrogen-bond donors (Lipinski definition) is 2. The molecule has 1 aliphatic carbocycles. The quantitative estimate of drug-likeness (QED) is 0.913. The summed E-state index contributed by atoms with van der Waals surface area (Å²) >= 11 is 6.11. The van der Waals surface area contributed by atoms with E-state index in [1.54, 1.807) is 0 Å². The molecule has 0 radical (unpaired) electrons. The number of fused-ring (bicyclic) bond motifs is 1. The molecule has 1 aliphatic rings. The minimum Gasteiger partial charge on any atom is -0.330 e. The number of benzene rings is 1. The number of nitrogens with one attached hydrogen (secondary N) is 1. The molecule has 2 atom stereocenters. The first kappa shape index (κ1) is 14.2. The summed E-state index contributed by atoms with van der Waals surface area (Å²) in [6.45, 7) is 0.537. The molecule has 1 heterocycles. The Morgan fingerprint density at radius 3 is 2.71 bits per heavy atom. The van der Waals surface area contributed by atoms with Crippen molar-refractivity contribution >= 4 is 34.4 Å². The second-order valence-corrected chi connectivity index (χ2v) is 5.73. The van der Waals surface area contributed by atoms with E-state index in [1.807, 2.05) is 24.3 Å². The SMILES string of the molecule is NCC1CCCC1C(=O)Nc1nc2ccccc2nc1Cl. The minimum absolute atomic E-state index is 0.0562. The highest BCUT2D eigenvalue weighted by Gasteiger charge is 2.32. The number of nitrogens with two attached hydrogens (primary N) is 1. The molecule has 2 unspecified atom stereocenters. The fraction of sp³-hybridized carbons (Fsp3) is 0.400. The average Bonchev–Trinajstić information content (AvgIpc) is 2.96. The first-order valence-corrected chi connectivity index (χ1v) is 7.50. The van der Waals surface area contributed by atoms with Crippen molar-refractivity contribution in [2.45, 2.75) is 19.3 Å². The summed E-state index contributed by atoms with van der Waals surface area (Å²) in [5, 5.41) is 3.02. The molecule has 1 saturated carbocycles. The van der Waals surface area contributed by atoms with Crippen LogP contribution in [0.25, 0.3) is 11.0 Å². The lowest BCUT2D eigenvalue weighted by molar-refractivity contribution is -0.120. The molecule has 0 aliphatic heterocycles. The second kappa shape index (κ2) is 5.95. The highest BCUT2D eigenvalue weighted by atomic mass is 35.5. The third-order valence-corrected chi connectivity index (χ3v) is 4.33. The van der Waals surface area contributed by atoms with Crippen LogP contribution in [0.1, 0.15) is 19.3 Å². The zero-order valence-corrected chi connectivity index (χ0v) is 12.3. The molecule has 110 valence electrons. The normalized spacial score (nSPS) is 21.6. The van der Waals surface area contributed by atoms with E-state index in [0.717, 1.165) is 19.3 Å². The number of anilines is 1. The molecule has 1 fully saturated rings. The Labute approximate surface area is 127 Å². The maximum Gasteiger partial charge on any atom is 0.229 e. The first-order chi connectivity index (χ1) is 10.2. The molecule has 5 nitrogen and oxygen atoms in total. The topological polar surface area (TPSA) is 80.9 Å². The second-order valence-electron chi connectivity index (χ2n) is 5.37. The molecule has 3 N–H and O–H groups in total. The van der Waals surface area contributed by atoms with Gasteiger partial charge in [0.25, 0.3) is 0 Å². The van der Waals surface area contributed by atoms with E-state index in [2.05, 4.69) is 15.3 Å². The van der Waals surface area contributed by atoms with Crippen LogP contribution in [0, 0.1) is 11.8 Å². The van der Waals surface area contributed by atoms with E-state index in [-0.39, 0.29) is 22.9 Å². The summed E-state index contributed by atoms with van der Waals surface area (Å²) in [4.78, 5) is 21.0. The molecule has 2 aromatic rings. The lowest BCUT2D eigenvalue weighted by Crippen LogP contribution is -2.30. The molecule has 6 heteroatoms. The summed E-state index contributed by atoms with van der Waals surface area (Å²) in [6, 6.07) is 7.42. The monoisotopic (exact) mass is 304 g/mol. The maximum atomic E-state index is 12.4. The third-order valence-electron chi connectivity index (χ3n) is 4.07. The van der Waals surface area contributed by atoms with Gasteiger partial charge in [-0.3, -0.25) is 4.79 Å². The number of aromatic nitrogens is 2. The Morgan fingerprint density at radius 1 is 1.29 bits per heavy atom. The number of nitrogens with zero attached hydrogens (tertiary/aromatic N) is 2. The number of rotatable bonds is 3. The number of amides is 1. The lowest BCUT2D eigenvalue weighted by Gasteiger charge is -2.17. The van der Waals surface area contributed by atoms with Gasteiger partial charge in [-0.15, -0.1) is 0 Å². The number of carbonyl (C=O) groups is 1. The maximum absolute atomic E-state index is 12.4. The minimum atomic E-state index is -0.0607. The highest BCUT2D eigenvalue weighted by Crippen LogP contribution is 2.32. The Kier molecular flexibility index (Phi) is 4.03. The van der Waals surface area contributed by atoms with Crippen LogP contribution in [0.15, 0.2) is 24.3 Å². The van der Waals surface area contributed by atoms with Crippen LogP contribution in [-0.4, -0.2) is 22.4 Å². The zero-order chi connectivity index (χ0) is 14.8. The van der Waals surface area contributed by atoms with Gasteiger partial charge >= 0.3 is 0 Å². The predicted molar refractivity (Wildman–Crippen MR) is 83.1 cm³/mol. The zero-order valence-electron chi connectivity index (χ0n) is 11.6. The van der Waals surface area contributed by atoms with E-state index >= 15 is 0 Å². The summed E-state index contributed by atoms with van der Waals surface area (Å²) in [7, 11) is 0. The third kappa shape index (κ3) is 2.84. The van der Waals surface area contributed by atoms with Crippen molar-refractivity contribution in [2.75, 3.05) is 11.9 Å². The molecule has 21 heavy (non-hydrogen) atoms. The molecule has 0 spiro atoms. The van der Waals surface area contributed by atoms with Gasteiger partial charge in [0.05, 0.1) is 11.0 Å². The van der Waals surface area contributed by atoms with Gasteiger partial charge in [0.15, 0.2) is 11.0 Å². The van der Waals surface area contributed by atoms with Gasteiger partial charge in [0, 0.05) is 5.92 Å². The van der Waals surface area contributed by atoms with Crippen molar-refractivity contribution in [3.05, 3.63) is 29.4 Å². The van der Waals surface area contributed by atoms with Crippen molar-refractivity contribution < 1.29 is 4.79 Å². The molecule has 1 amide bonds. The number of carbonyl (C=O) groups excluding carboxylic acids is 1. The molecule has 3 rings (SSSR count). The molecule has 1 aromatic heterocycles. The lowest BCUT2D eigenvalue weighted by atomic mass is 9.95. The Balaban J connectivity index is 1.84. The molecule has 0 saturated heterocycles. The Hall–Kier alpha value is -1.72. The number of para-hydroxylation sites is 2. The Bertz CT molecular complexity index is 676. The van der Waals surface area contributed by atoms with Gasteiger partial charge in [0.2, 0.25) is 5.91 Å². The van der Waals surface area contributed by atoms with E-state index < -0.39 is 0 Å². The highest BCUT2D eigenvalue weighted by molar-refractivity contribution is 6.32. The van der Waals surface area contributed by atoms with Crippen LogP contribution in [0.4, 0.5) is 5.82 Å². The first-order valence-electron chi connectivity index (χ1n) is 7.12. The van der Waals surface area contributed by atoms with Crippen LogP contribution in [0.3, 0.4) is 0 Å². The van der Waals surface area contributed by atoms with Crippen molar-refractivity contribution in [1.29, 1.82) is 0 Å². The Morgan fingerprint density at radius 2 is 2.00 bits per heavy atom. The number of hydrogen-bond acceptors (Lipinski definition) is 4. The fourth-order valence-electron chi connectivity index (χ4n) is 2.93. The fourth-order valence-corrected chi connectivity index (χ4v) is 3.11. The van der Waals surface area contributed by atoms with Crippen molar-refractivity contribution in [1.82, 2.24) is 9.97 Å². The van der Waals surface area contributed by atoms with Crippen molar-refractivity contribution in [3.8, 4) is 0 Å². The van der Waals surface area contributed by atoms with Crippen LogP contribution in [-0.2, 0) is 4.79 Å². The summed E-state index contributed by atoms with van der Waals surface area (Å²) in [6.07, 6.45) is 2.91. The standard InChI is InChI=1S/C15H17ClN4O/c16-13-14(19-12-7-2-1-6-11(12)18-13)20-15(21)10-5-3-4-9(10)8-17/h1-2,6-7,9-10H,3-5,8,17H2,(H,19,20,21). The largest absolute Gasteiger partial charge is 0.330 e. The van der Waals surface area contributed by atoms with Crippen molar-refractivity contribution in [3.63, 3.8) is 0 Å².